The average Bonchev–Trinajstić information content (AvgIpc) is 2.25. The molecule has 90 valence electrons. The molecule has 0 bridgehead atoms. The van der Waals surface area contributed by atoms with Crippen molar-refractivity contribution in [3.63, 3.8) is 0 Å². The van der Waals surface area contributed by atoms with Gasteiger partial charge in [-0.1, -0.05) is 11.6 Å². The zero-order valence-electron chi connectivity index (χ0n) is 8.57. The fraction of sp³-hybridized carbons (Fsp3) is 0.182. The first-order chi connectivity index (χ1) is 7.91. The van der Waals surface area contributed by atoms with Crippen LogP contribution in [0.5, 0.6) is 0 Å². The number of nitrogens with zero attached hydrogens (tertiary/aromatic N) is 1. The Kier molecular flexibility index (Phi) is 3.32. The Hall–Kier alpha value is -0.810. The van der Waals surface area contributed by atoms with E-state index in [2.05, 4.69) is 20.9 Å². The van der Waals surface area contributed by atoms with Crippen LogP contribution < -0.4 is 0 Å². The SMILES string of the molecule is Cc1cc(Br)c(F)c2c(Cl)cc(C(F)F)nc12. The Morgan fingerprint density at radius 2 is 2.00 bits per heavy atom. The summed E-state index contributed by atoms with van der Waals surface area (Å²) < 4.78 is 39.2. The van der Waals surface area contributed by atoms with E-state index in [1.165, 1.54) is 6.07 Å². The van der Waals surface area contributed by atoms with E-state index in [1.54, 1.807) is 6.92 Å². The quantitative estimate of drug-likeness (QED) is 0.716. The number of pyridine rings is 1. The van der Waals surface area contributed by atoms with Gasteiger partial charge in [0.15, 0.2) is 0 Å². The van der Waals surface area contributed by atoms with Crippen LogP contribution in [0.1, 0.15) is 17.7 Å². The van der Waals surface area contributed by atoms with Crippen molar-refractivity contribution in [1.29, 1.82) is 0 Å². The van der Waals surface area contributed by atoms with E-state index < -0.39 is 17.9 Å². The fourth-order valence-electron chi connectivity index (χ4n) is 1.58. The topological polar surface area (TPSA) is 12.9 Å². The van der Waals surface area contributed by atoms with E-state index >= 15 is 0 Å². The van der Waals surface area contributed by atoms with Gasteiger partial charge in [-0.05, 0) is 40.5 Å². The van der Waals surface area contributed by atoms with Crippen LogP contribution in [0.25, 0.3) is 10.9 Å². The second-order valence-electron chi connectivity index (χ2n) is 3.54. The molecule has 1 heterocycles. The number of halogens is 5. The number of hydrogen-bond donors (Lipinski definition) is 0. The van der Waals surface area contributed by atoms with Crippen LogP contribution in [0.4, 0.5) is 13.2 Å². The van der Waals surface area contributed by atoms with Crippen LogP contribution in [0, 0.1) is 12.7 Å². The summed E-state index contributed by atoms with van der Waals surface area (Å²) in [5.74, 6) is -0.594. The molecular weight excluding hydrogens is 318 g/mol. The third-order valence-corrected chi connectivity index (χ3v) is 3.24. The molecule has 0 unspecified atom stereocenters. The predicted molar refractivity (Wildman–Crippen MR) is 64.1 cm³/mol. The first kappa shape index (κ1) is 12.6. The van der Waals surface area contributed by atoms with Crippen LogP contribution in [0.2, 0.25) is 5.02 Å². The zero-order chi connectivity index (χ0) is 12.7. The summed E-state index contributed by atoms with van der Waals surface area (Å²) >= 11 is 8.86. The van der Waals surface area contributed by atoms with Crippen molar-refractivity contribution in [2.75, 3.05) is 0 Å². The lowest BCUT2D eigenvalue weighted by molar-refractivity contribution is 0.146. The van der Waals surface area contributed by atoms with Crippen LogP contribution >= 0.6 is 27.5 Å². The first-order valence-electron chi connectivity index (χ1n) is 4.64. The summed E-state index contributed by atoms with van der Waals surface area (Å²) in [6, 6.07) is 2.47. The van der Waals surface area contributed by atoms with E-state index in [0.717, 1.165) is 6.07 Å². The summed E-state index contributed by atoms with van der Waals surface area (Å²) in [7, 11) is 0. The molecule has 0 radical (unpaired) electrons. The molecule has 1 aromatic heterocycles. The van der Waals surface area contributed by atoms with E-state index in [1.807, 2.05) is 0 Å². The standard InChI is InChI=1S/C11H6BrClF3N/c1-4-2-5(12)9(14)8-6(13)3-7(11(15)16)17-10(4)8/h2-3,11H,1H3. The number of alkyl halides is 2. The Bertz CT molecular complexity index is 601. The smallest absolute Gasteiger partial charge is 0.246 e. The van der Waals surface area contributed by atoms with Crippen molar-refractivity contribution in [2.45, 2.75) is 13.3 Å². The number of hydrogen-bond acceptors (Lipinski definition) is 1. The molecule has 0 aliphatic rings. The van der Waals surface area contributed by atoms with E-state index in [9.17, 15) is 13.2 Å². The molecule has 0 fully saturated rings. The molecule has 17 heavy (non-hydrogen) atoms. The van der Waals surface area contributed by atoms with Gasteiger partial charge in [-0.3, -0.25) is 0 Å². The van der Waals surface area contributed by atoms with E-state index in [0.29, 0.717) is 5.56 Å². The van der Waals surface area contributed by atoms with E-state index in [4.69, 9.17) is 11.6 Å². The highest BCUT2D eigenvalue weighted by Gasteiger charge is 2.17. The number of aromatic nitrogens is 1. The molecule has 1 aromatic carbocycles. The molecular formula is C11H6BrClF3N. The molecule has 6 heteroatoms. The van der Waals surface area contributed by atoms with E-state index in [-0.39, 0.29) is 20.4 Å². The van der Waals surface area contributed by atoms with Crippen LogP contribution in [-0.4, -0.2) is 4.98 Å². The maximum atomic E-state index is 13.8. The normalized spacial score (nSPS) is 11.5. The third-order valence-electron chi connectivity index (χ3n) is 2.36. The van der Waals surface area contributed by atoms with Gasteiger partial charge in [0.25, 0.3) is 6.43 Å². The van der Waals surface area contributed by atoms with Crippen molar-refractivity contribution < 1.29 is 13.2 Å². The first-order valence-corrected chi connectivity index (χ1v) is 5.81. The van der Waals surface area contributed by atoms with Gasteiger partial charge < -0.3 is 0 Å². The summed E-state index contributed by atoms with van der Waals surface area (Å²) in [5, 5.41) is -0.00450. The van der Waals surface area contributed by atoms with Gasteiger partial charge in [0.2, 0.25) is 0 Å². The molecule has 0 aliphatic heterocycles. The van der Waals surface area contributed by atoms with Crippen LogP contribution in [-0.2, 0) is 0 Å². The maximum absolute atomic E-state index is 13.8. The number of fused-ring (bicyclic) bond motifs is 1. The number of benzene rings is 1. The number of rotatable bonds is 1. The minimum atomic E-state index is -2.73. The zero-order valence-corrected chi connectivity index (χ0v) is 10.9. The monoisotopic (exact) mass is 323 g/mol. The molecule has 0 saturated carbocycles. The molecule has 0 atom stereocenters. The van der Waals surface area contributed by atoms with Crippen molar-refractivity contribution >= 4 is 38.4 Å². The molecule has 2 rings (SSSR count). The Balaban J connectivity index is 2.90. The second kappa shape index (κ2) is 4.46. The van der Waals surface area contributed by atoms with Gasteiger partial charge in [0.05, 0.1) is 20.4 Å². The van der Waals surface area contributed by atoms with Crippen molar-refractivity contribution in [3.05, 3.63) is 38.7 Å². The molecule has 0 N–H and O–H groups in total. The van der Waals surface area contributed by atoms with Gasteiger partial charge in [-0.25, -0.2) is 18.2 Å². The van der Waals surface area contributed by atoms with Crippen molar-refractivity contribution in [3.8, 4) is 0 Å². The lowest BCUT2D eigenvalue weighted by atomic mass is 10.1. The van der Waals surface area contributed by atoms with Gasteiger partial charge >= 0.3 is 0 Å². The minimum Gasteiger partial charge on any atom is -0.246 e. The highest BCUT2D eigenvalue weighted by Crippen LogP contribution is 2.34. The Labute approximate surface area is 109 Å². The van der Waals surface area contributed by atoms with Gasteiger partial charge in [-0.2, -0.15) is 0 Å². The summed E-state index contributed by atoms with van der Waals surface area (Å²) in [6.07, 6.45) is -2.73. The third kappa shape index (κ3) is 2.13. The Morgan fingerprint density at radius 3 is 2.59 bits per heavy atom. The molecule has 0 spiro atoms. The number of aryl methyl sites for hydroxylation is 1. The van der Waals surface area contributed by atoms with Crippen LogP contribution in [0.3, 0.4) is 0 Å². The fourth-order valence-corrected chi connectivity index (χ4v) is 2.41. The highest BCUT2D eigenvalue weighted by atomic mass is 79.9. The summed E-state index contributed by atoms with van der Waals surface area (Å²) in [6.45, 7) is 1.66. The van der Waals surface area contributed by atoms with Crippen LogP contribution in [0.15, 0.2) is 16.6 Å². The van der Waals surface area contributed by atoms with Crippen molar-refractivity contribution in [2.24, 2.45) is 0 Å². The summed E-state index contributed by atoms with van der Waals surface area (Å²) in [5.41, 5.74) is 0.290. The predicted octanol–water partition coefficient (Wildman–Crippen LogP) is 5.04. The largest absolute Gasteiger partial charge is 0.280 e. The molecule has 1 nitrogen and oxygen atoms in total. The molecule has 2 aromatic rings. The maximum Gasteiger partial charge on any atom is 0.280 e. The minimum absolute atomic E-state index is 0.0583. The van der Waals surface area contributed by atoms with Gasteiger partial charge in [-0.15, -0.1) is 0 Å². The lowest BCUT2D eigenvalue weighted by Crippen LogP contribution is -1.96. The van der Waals surface area contributed by atoms with Crippen molar-refractivity contribution in [1.82, 2.24) is 4.98 Å². The summed E-state index contributed by atoms with van der Waals surface area (Å²) in [4.78, 5) is 3.74. The molecule has 0 saturated heterocycles. The lowest BCUT2D eigenvalue weighted by Gasteiger charge is -2.09. The second-order valence-corrected chi connectivity index (χ2v) is 4.80. The van der Waals surface area contributed by atoms with Gasteiger partial charge in [0.1, 0.15) is 11.5 Å². The van der Waals surface area contributed by atoms with Gasteiger partial charge in [0, 0.05) is 0 Å². The molecule has 0 amide bonds. The average molecular weight is 325 g/mol. The Morgan fingerprint density at radius 1 is 1.35 bits per heavy atom. The highest BCUT2D eigenvalue weighted by molar-refractivity contribution is 9.10. The molecule has 0 aliphatic carbocycles.